The van der Waals surface area contributed by atoms with Gasteiger partial charge in [0.15, 0.2) is 0 Å². The average molecular weight is 262 g/mol. The molecule has 1 fully saturated rings. The first-order valence-electron chi connectivity index (χ1n) is 3.15. The van der Waals surface area contributed by atoms with Crippen molar-refractivity contribution in [2.24, 2.45) is 0 Å². The fourth-order valence-electron chi connectivity index (χ4n) is 0.997. The lowest BCUT2D eigenvalue weighted by Crippen LogP contribution is -2.24. The van der Waals surface area contributed by atoms with E-state index in [2.05, 4.69) is 22.6 Å². The van der Waals surface area contributed by atoms with Crippen LogP contribution in [0.5, 0.6) is 0 Å². The van der Waals surface area contributed by atoms with E-state index in [1.165, 1.54) is 6.92 Å². The van der Waals surface area contributed by atoms with Gasteiger partial charge < -0.3 is 4.74 Å². The Bertz CT molecular complexity index is 129. The van der Waals surface area contributed by atoms with E-state index < -0.39 is 12.0 Å². The first-order chi connectivity index (χ1) is 4.56. The van der Waals surface area contributed by atoms with Crippen molar-refractivity contribution in [3.05, 3.63) is 0 Å². The van der Waals surface area contributed by atoms with Crippen LogP contribution in [0.2, 0.25) is 0 Å². The highest BCUT2D eigenvalue weighted by Gasteiger charge is 2.46. The molecule has 0 bridgehead atoms. The second-order valence-corrected chi connectivity index (χ2v) is 3.40. The number of rotatable bonds is 1. The van der Waals surface area contributed by atoms with Gasteiger partial charge in [-0.05, 0) is 6.92 Å². The van der Waals surface area contributed by atoms with Gasteiger partial charge in [0, 0.05) is 10.8 Å². The van der Waals surface area contributed by atoms with Crippen LogP contribution in [-0.2, 0) is 4.74 Å². The summed E-state index contributed by atoms with van der Waals surface area (Å²) in [7, 11) is 0. The first-order valence-corrected chi connectivity index (χ1v) is 4.68. The van der Waals surface area contributed by atoms with E-state index in [1.54, 1.807) is 0 Å². The van der Waals surface area contributed by atoms with E-state index in [0.717, 1.165) is 0 Å². The van der Waals surface area contributed by atoms with Gasteiger partial charge in [0.1, 0.15) is 6.10 Å². The van der Waals surface area contributed by atoms with Gasteiger partial charge in [0.25, 0.3) is 5.92 Å². The van der Waals surface area contributed by atoms with E-state index in [-0.39, 0.29) is 12.5 Å². The minimum Gasteiger partial charge on any atom is -0.368 e. The van der Waals surface area contributed by atoms with Gasteiger partial charge in [-0.1, -0.05) is 22.6 Å². The Balaban J connectivity index is 2.53. The molecule has 0 saturated carbocycles. The van der Waals surface area contributed by atoms with E-state index in [4.69, 9.17) is 4.74 Å². The summed E-state index contributed by atoms with van der Waals surface area (Å²) in [4.78, 5) is 0. The number of hydrogen-bond acceptors (Lipinski definition) is 1. The van der Waals surface area contributed by atoms with Crippen LogP contribution in [0.1, 0.15) is 13.3 Å². The molecule has 2 atom stereocenters. The van der Waals surface area contributed by atoms with Gasteiger partial charge >= 0.3 is 0 Å². The van der Waals surface area contributed by atoms with Gasteiger partial charge in [-0.3, -0.25) is 0 Å². The smallest absolute Gasteiger partial charge is 0.275 e. The largest absolute Gasteiger partial charge is 0.368 e. The molecule has 1 saturated heterocycles. The van der Waals surface area contributed by atoms with Crippen molar-refractivity contribution in [1.82, 2.24) is 0 Å². The summed E-state index contributed by atoms with van der Waals surface area (Å²) >= 11 is 2.06. The maximum atomic E-state index is 12.6. The summed E-state index contributed by atoms with van der Waals surface area (Å²) in [5, 5.41) is 0. The van der Waals surface area contributed by atoms with Crippen LogP contribution in [0, 0.1) is 0 Å². The molecule has 1 aliphatic heterocycles. The molecule has 1 rings (SSSR count). The molecule has 1 nitrogen and oxygen atoms in total. The van der Waals surface area contributed by atoms with E-state index in [9.17, 15) is 8.78 Å². The normalized spacial score (nSPS) is 38.4. The minimum atomic E-state index is -2.60. The van der Waals surface area contributed by atoms with E-state index >= 15 is 0 Å². The highest BCUT2D eigenvalue weighted by atomic mass is 127. The van der Waals surface area contributed by atoms with Gasteiger partial charge in [0.05, 0.1) is 6.10 Å². The molecule has 4 heteroatoms. The third kappa shape index (κ3) is 1.58. The topological polar surface area (TPSA) is 9.23 Å². The Hall–Kier alpha value is 0.550. The van der Waals surface area contributed by atoms with Crippen molar-refractivity contribution >= 4 is 22.6 Å². The van der Waals surface area contributed by atoms with E-state index in [1.807, 2.05) is 0 Å². The van der Waals surface area contributed by atoms with Gasteiger partial charge in [0.2, 0.25) is 0 Å². The van der Waals surface area contributed by atoms with Crippen LogP contribution in [0.25, 0.3) is 0 Å². The van der Waals surface area contributed by atoms with Crippen LogP contribution >= 0.6 is 22.6 Å². The monoisotopic (exact) mass is 262 g/mol. The minimum absolute atomic E-state index is 0.114. The zero-order chi connectivity index (χ0) is 7.78. The zero-order valence-electron chi connectivity index (χ0n) is 5.61. The molecular formula is C6H9F2IO. The fourth-order valence-corrected chi connectivity index (χ4v) is 1.52. The van der Waals surface area contributed by atoms with Crippen LogP contribution < -0.4 is 0 Å². The number of halogens is 3. The summed E-state index contributed by atoms with van der Waals surface area (Å²) in [5.74, 6) is -2.60. The predicted octanol–water partition coefficient (Wildman–Crippen LogP) is 2.23. The maximum absolute atomic E-state index is 12.6. The first kappa shape index (κ1) is 8.64. The van der Waals surface area contributed by atoms with Crippen molar-refractivity contribution < 1.29 is 13.5 Å². The van der Waals surface area contributed by atoms with Crippen molar-refractivity contribution in [2.45, 2.75) is 31.5 Å². The Kier molecular flexibility index (Phi) is 2.50. The summed E-state index contributed by atoms with van der Waals surface area (Å²) in [6.07, 6.45) is -1.25. The summed E-state index contributed by atoms with van der Waals surface area (Å²) < 4.78 is 30.9. The lowest BCUT2D eigenvalue weighted by Gasteiger charge is -2.10. The molecule has 0 aliphatic carbocycles. The molecule has 60 valence electrons. The molecule has 0 amide bonds. The van der Waals surface area contributed by atoms with Gasteiger partial charge in [-0.15, -0.1) is 0 Å². The third-order valence-electron chi connectivity index (χ3n) is 1.66. The Morgan fingerprint density at radius 3 is 2.50 bits per heavy atom. The molecule has 0 unspecified atom stereocenters. The van der Waals surface area contributed by atoms with Crippen molar-refractivity contribution in [3.63, 3.8) is 0 Å². The summed E-state index contributed by atoms with van der Waals surface area (Å²) in [5.41, 5.74) is 0. The molecule has 0 spiro atoms. The number of ether oxygens (including phenoxy) is 1. The van der Waals surface area contributed by atoms with Crippen LogP contribution in [0.15, 0.2) is 0 Å². The molecule has 1 heterocycles. The second kappa shape index (κ2) is 2.89. The highest BCUT2D eigenvalue weighted by molar-refractivity contribution is 14.1. The maximum Gasteiger partial charge on any atom is 0.275 e. The Labute approximate surface area is 72.3 Å². The number of hydrogen-bond donors (Lipinski definition) is 0. The molecule has 0 aromatic heterocycles. The lowest BCUT2D eigenvalue weighted by atomic mass is 10.1. The molecule has 0 aromatic carbocycles. The summed E-state index contributed by atoms with van der Waals surface area (Å²) in [6, 6.07) is 0. The molecule has 0 radical (unpaired) electrons. The summed E-state index contributed by atoms with van der Waals surface area (Å²) in [6.45, 7) is 1.42. The molecule has 10 heavy (non-hydrogen) atoms. The van der Waals surface area contributed by atoms with Crippen LogP contribution in [0.4, 0.5) is 8.78 Å². The molecular weight excluding hydrogens is 253 g/mol. The predicted molar refractivity (Wildman–Crippen MR) is 42.8 cm³/mol. The standard InChI is InChI=1S/C6H9F2IO/c1-4-6(7,8)2-5(3-9)10-4/h4-5H,2-3H2,1H3/t4-,5+/m0/s1. The van der Waals surface area contributed by atoms with Gasteiger partial charge in [-0.2, -0.15) is 0 Å². The Morgan fingerprint density at radius 2 is 2.30 bits per heavy atom. The molecule has 0 aromatic rings. The molecule has 0 N–H and O–H groups in total. The lowest BCUT2D eigenvalue weighted by molar-refractivity contribution is -0.0627. The average Bonchev–Trinajstić information content (AvgIpc) is 2.08. The van der Waals surface area contributed by atoms with E-state index in [0.29, 0.717) is 4.43 Å². The van der Waals surface area contributed by atoms with Crippen molar-refractivity contribution in [1.29, 1.82) is 0 Å². The number of alkyl halides is 3. The quantitative estimate of drug-likeness (QED) is 0.520. The van der Waals surface area contributed by atoms with Crippen LogP contribution in [0.3, 0.4) is 0 Å². The SMILES string of the molecule is C[C@@H]1O[C@@H](CI)CC1(F)F. The molecule has 1 aliphatic rings. The highest BCUT2D eigenvalue weighted by Crippen LogP contribution is 2.35. The fraction of sp³-hybridized carbons (Fsp3) is 1.00. The Morgan fingerprint density at radius 1 is 1.70 bits per heavy atom. The van der Waals surface area contributed by atoms with Crippen molar-refractivity contribution in [3.8, 4) is 0 Å². The second-order valence-electron chi connectivity index (χ2n) is 2.52. The third-order valence-corrected chi connectivity index (χ3v) is 2.65. The zero-order valence-corrected chi connectivity index (χ0v) is 7.77. The van der Waals surface area contributed by atoms with Crippen molar-refractivity contribution in [2.75, 3.05) is 4.43 Å². The van der Waals surface area contributed by atoms with Gasteiger partial charge in [-0.25, -0.2) is 8.78 Å². The van der Waals surface area contributed by atoms with Crippen LogP contribution in [-0.4, -0.2) is 22.6 Å².